The van der Waals surface area contributed by atoms with Crippen LogP contribution in [0, 0.1) is 5.82 Å². The van der Waals surface area contributed by atoms with E-state index in [-0.39, 0.29) is 11.7 Å². The quantitative estimate of drug-likeness (QED) is 0.541. The number of halogens is 1. The molecule has 1 N–H and O–H groups in total. The molecule has 0 aliphatic rings. The highest BCUT2D eigenvalue weighted by Crippen LogP contribution is 2.26. The number of rotatable bonds is 5. The van der Waals surface area contributed by atoms with Crippen LogP contribution in [0.15, 0.2) is 72.1 Å². The molecule has 0 bridgehead atoms. The summed E-state index contributed by atoms with van der Waals surface area (Å²) in [4.78, 5) is 12.8. The summed E-state index contributed by atoms with van der Waals surface area (Å²) >= 11 is 1.59. The molecule has 4 rings (SSSR count). The van der Waals surface area contributed by atoms with Gasteiger partial charge in [0.05, 0.1) is 10.2 Å². The Morgan fingerprint density at radius 2 is 1.81 bits per heavy atom. The topological polar surface area (TPSA) is 34.0 Å². The molecular weight excluding hydrogens is 347 g/mol. The first kappa shape index (κ1) is 16.5. The number of aromatic nitrogens is 1. The number of amides is 1. The molecule has 5 heteroatoms. The molecule has 2 aromatic carbocycles. The number of carbonyl (C=O) groups is 1. The highest BCUT2D eigenvalue weighted by Gasteiger charge is 2.16. The van der Waals surface area contributed by atoms with Crippen LogP contribution < -0.4 is 5.32 Å². The number of nitrogens with zero attached hydrogens (tertiary/aromatic N) is 1. The van der Waals surface area contributed by atoms with Crippen molar-refractivity contribution in [1.29, 1.82) is 0 Å². The van der Waals surface area contributed by atoms with Crippen molar-refractivity contribution >= 4 is 27.5 Å². The van der Waals surface area contributed by atoms with Crippen molar-refractivity contribution in [2.45, 2.75) is 13.1 Å². The van der Waals surface area contributed by atoms with Crippen LogP contribution in [-0.2, 0) is 13.1 Å². The van der Waals surface area contributed by atoms with E-state index in [1.165, 1.54) is 12.1 Å². The molecular formula is C21H17FN2OS. The van der Waals surface area contributed by atoms with Gasteiger partial charge in [0.15, 0.2) is 0 Å². The number of hydrogen-bond donors (Lipinski definition) is 1. The second kappa shape index (κ2) is 7.14. The molecule has 2 heterocycles. The molecule has 0 aliphatic heterocycles. The molecule has 3 nitrogen and oxygen atoms in total. The fraction of sp³-hybridized carbons (Fsp3) is 0.0952. The maximum absolute atomic E-state index is 13.5. The number of thiophene rings is 1. The highest BCUT2D eigenvalue weighted by molar-refractivity contribution is 7.17. The van der Waals surface area contributed by atoms with Crippen LogP contribution >= 0.6 is 11.3 Å². The van der Waals surface area contributed by atoms with Gasteiger partial charge >= 0.3 is 0 Å². The zero-order valence-electron chi connectivity index (χ0n) is 14.0. The summed E-state index contributed by atoms with van der Waals surface area (Å²) in [5.74, 6) is -0.403. The van der Waals surface area contributed by atoms with Crippen LogP contribution in [0.3, 0.4) is 0 Å². The van der Waals surface area contributed by atoms with E-state index in [4.69, 9.17) is 0 Å². The summed E-state index contributed by atoms with van der Waals surface area (Å²) in [7, 11) is 0. The largest absolute Gasteiger partial charge is 0.347 e. The van der Waals surface area contributed by atoms with Crippen LogP contribution in [0.2, 0.25) is 0 Å². The van der Waals surface area contributed by atoms with Gasteiger partial charge in [0.2, 0.25) is 0 Å². The van der Waals surface area contributed by atoms with Gasteiger partial charge in [-0.1, -0.05) is 42.5 Å². The number of fused-ring (bicyclic) bond motifs is 1. The third kappa shape index (κ3) is 3.39. The Morgan fingerprint density at radius 1 is 1.00 bits per heavy atom. The van der Waals surface area contributed by atoms with Crippen molar-refractivity contribution in [3.8, 4) is 0 Å². The molecule has 0 saturated heterocycles. The summed E-state index contributed by atoms with van der Waals surface area (Å²) in [6.45, 7) is 0.921. The predicted octanol–water partition coefficient (Wildman–Crippen LogP) is 4.82. The lowest BCUT2D eigenvalue weighted by molar-refractivity contribution is 0.0942. The van der Waals surface area contributed by atoms with Gasteiger partial charge in [0.25, 0.3) is 5.91 Å². The molecule has 4 aromatic rings. The Bertz CT molecular complexity index is 1050. The molecule has 0 unspecified atom stereocenters. The number of carbonyl (C=O) groups excluding carboxylic acids is 1. The van der Waals surface area contributed by atoms with E-state index in [0.29, 0.717) is 18.8 Å². The van der Waals surface area contributed by atoms with Crippen molar-refractivity contribution in [3.63, 3.8) is 0 Å². The van der Waals surface area contributed by atoms with Crippen LogP contribution in [0.1, 0.15) is 21.6 Å². The van der Waals surface area contributed by atoms with Crippen molar-refractivity contribution in [2.75, 3.05) is 0 Å². The number of hydrogen-bond acceptors (Lipinski definition) is 2. The SMILES string of the molecule is O=C(NCc1ccccc1)c1cc2sccc2n1Cc1cccc(F)c1. The van der Waals surface area contributed by atoms with E-state index in [2.05, 4.69) is 5.32 Å². The molecule has 0 fully saturated rings. The van der Waals surface area contributed by atoms with Gasteiger partial charge in [-0.25, -0.2) is 4.39 Å². The van der Waals surface area contributed by atoms with Crippen LogP contribution in [0.5, 0.6) is 0 Å². The molecule has 0 aliphatic carbocycles. The third-order valence-corrected chi connectivity index (χ3v) is 5.13. The normalized spacial score (nSPS) is 11.0. The first-order chi connectivity index (χ1) is 12.7. The van der Waals surface area contributed by atoms with Gasteiger partial charge in [-0.05, 0) is 40.8 Å². The molecule has 0 radical (unpaired) electrons. The Balaban J connectivity index is 1.62. The van der Waals surface area contributed by atoms with E-state index in [0.717, 1.165) is 21.3 Å². The lowest BCUT2D eigenvalue weighted by Crippen LogP contribution is -2.25. The Morgan fingerprint density at radius 3 is 2.62 bits per heavy atom. The van der Waals surface area contributed by atoms with Crippen molar-refractivity contribution in [3.05, 3.63) is 94.7 Å². The Kier molecular flexibility index (Phi) is 4.54. The third-order valence-electron chi connectivity index (χ3n) is 4.28. The first-order valence-electron chi connectivity index (χ1n) is 8.34. The number of benzene rings is 2. The van der Waals surface area contributed by atoms with Crippen LogP contribution in [-0.4, -0.2) is 10.5 Å². The van der Waals surface area contributed by atoms with E-state index in [1.54, 1.807) is 17.4 Å². The minimum absolute atomic E-state index is 0.131. The molecule has 1 amide bonds. The first-order valence-corrected chi connectivity index (χ1v) is 9.22. The smallest absolute Gasteiger partial charge is 0.268 e. The van der Waals surface area contributed by atoms with Crippen molar-refractivity contribution < 1.29 is 9.18 Å². The fourth-order valence-corrected chi connectivity index (χ4v) is 3.84. The molecule has 0 saturated carbocycles. The zero-order valence-corrected chi connectivity index (χ0v) is 14.8. The van der Waals surface area contributed by atoms with E-state index >= 15 is 0 Å². The predicted molar refractivity (Wildman–Crippen MR) is 103 cm³/mol. The molecule has 0 atom stereocenters. The maximum atomic E-state index is 13.5. The van der Waals surface area contributed by atoms with Crippen LogP contribution in [0.25, 0.3) is 10.2 Å². The van der Waals surface area contributed by atoms with Crippen molar-refractivity contribution in [1.82, 2.24) is 9.88 Å². The Labute approximate surface area is 154 Å². The minimum Gasteiger partial charge on any atom is -0.347 e. The maximum Gasteiger partial charge on any atom is 0.268 e. The van der Waals surface area contributed by atoms with E-state index < -0.39 is 0 Å². The minimum atomic E-state index is -0.272. The molecule has 26 heavy (non-hydrogen) atoms. The van der Waals surface area contributed by atoms with E-state index in [1.807, 2.05) is 58.5 Å². The second-order valence-corrected chi connectivity index (χ2v) is 7.03. The van der Waals surface area contributed by atoms with Crippen LogP contribution in [0.4, 0.5) is 4.39 Å². The Hall–Kier alpha value is -2.92. The summed E-state index contributed by atoms with van der Waals surface area (Å²) in [6, 6.07) is 20.2. The van der Waals surface area contributed by atoms with Gasteiger partial charge in [-0.3, -0.25) is 4.79 Å². The summed E-state index contributed by atoms with van der Waals surface area (Å²) in [5, 5.41) is 4.97. The summed E-state index contributed by atoms with van der Waals surface area (Å²) in [6.07, 6.45) is 0. The fourth-order valence-electron chi connectivity index (χ4n) is 3.02. The van der Waals surface area contributed by atoms with Gasteiger partial charge in [0.1, 0.15) is 11.5 Å². The highest BCUT2D eigenvalue weighted by atomic mass is 32.1. The number of nitrogens with one attached hydrogen (secondary N) is 1. The molecule has 0 spiro atoms. The summed E-state index contributed by atoms with van der Waals surface area (Å²) < 4.78 is 16.5. The molecule has 130 valence electrons. The summed E-state index contributed by atoms with van der Waals surface area (Å²) in [5.41, 5.74) is 3.45. The average molecular weight is 364 g/mol. The van der Waals surface area contributed by atoms with Gasteiger partial charge < -0.3 is 9.88 Å². The van der Waals surface area contributed by atoms with Gasteiger partial charge in [0, 0.05) is 13.1 Å². The van der Waals surface area contributed by atoms with Crippen molar-refractivity contribution in [2.24, 2.45) is 0 Å². The molecule has 2 aromatic heterocycles. The van der Waals surface area contributed by atoms with Gasteiger partial charge in [-0.15, -0.1) is 11.3 Å². The second-order valence-electron chi connectivity index (χ2n) is 6.08. The monoisotopic (exact) mass is 364 g/mol. The lowest BCUT2D eigenvalue weighted by atomic mass is 10.2. The average Bonchev–Trinajstić information content (AvgIpc) is 3.23. The van der Waals surface area contributed by atoms with E-state index in [9.17, 15) is 9.18 Å². The zero-order chi connectivity index (χ0) is 17.9. The lowest BCUT2D eigenvalue weighted by Gasteiger charge is -2.11. The standard InChI is InChI=1S/C21H17FN2OS/c22-17-8-4-7-16(11-17)14-24-18-9-10-26-20(18)12-19(24)21(25)23-13-15-5-2-1-3-6-15/h1-12H,13-14H2,(H,23,25). The van der Waals surface area contributed by atoms with Gasteiger partial charge in [-0.2, -0.15) is 0 Å².